The van der Waals surface area contributed by atoms with Crippen molar-refractivity contribution in [1.82, 2.24) is 10.2 Å². The highest BCUT2D eigenvalue weighted by molar-refractivity contribution is 6.21. The summed E-state index contributed by atoms with van der Waals surface area (Å²) >= 11 is 0. The minimum Gasteiger partial charge on any atom is -0.486 e. The van der Waals surface area contributed by atoms with Crippen LogP contribution in [0.5, 0.6) is 11.5 Å². The van der Waals surface area contributed by atoms with Crippen molar-refractivity contribution in [2.45, 2.75) is 25.8 Å². The topological polar surface area (TPSA) is 84.9 Å². The maximum Gasteiger partial charge on any atom is 0.261 e. The van der Waals surface area contributed by atoms with Crippen molar-refractivity contribution in [3.05, 3.63) is 59.2 Å². The van der Waals surface area contributed by atoms with Crippen LogP contribution in [0, 0.1) is 0 Å². The van der Waals surface area contributed by atoms with Crippen LogP contribution in [-0.4, -0.2) is 42.4 Å². The molecular formula is C22H22N2O5. The Hall–Kier alpha value is -3.35. The number of nitrogens with one attached hydrogen (secondary N) is 1. The number of fused-ring (bicyclic) bond motifs is 2. The molecule has 150 valence electrons. The normalized spacial score (nSPS) is 15.8. The maximum atomic E-state index is 12.3. The number of carbonyl (C=O) groups excluding carboxylic acids is 3. The van der Waals surface area contributed by atoms with Crippen LogP contribution in [-0.2, 0) is 4.79 Å². The van der Waals surface area contributed by atoms with E-state index in [1.807, 2.05) is 25.1 Å². The van der Waals surface area contributed by atoms with Crippen LogP contribution in [0.15, 0.2) is 42.5 Å². The van der Waals surface area contributed by atoms with Gasteiger partial charge in [0.2, 0.25) is 5.91 Å². The molecule has 0 unspecified atom stereocenters. The van der Waals surface area contributed by atoms with Crippen LogP contribution in [0.4, 0.5) is 0 Å². The standard InChI is InChI=1S/C22H22N2O5/c1-14(15-8-9-18-19(13-15)29-12-11-28-18)23-20(25)7-4-10-24-21(26)16-5-2-3-6-17(16)22(24)27/h2-3,5-6,8-9,13-14H,4,7,10-12H2,1H3,(H,23,25)/t14-/m0/s1. The second-order valence-corrected chi connectivity index (χ2v) is 7.10. The average Bonchev–Trinajstić information content (AvgIpc) is 2.98. The van der Waals surface area contributed by atoms with Crippen LogP contribution in [0.3, 0.4) is 0 Å². The number of hydrogen-bond donors (Lipinski definition) is 1. The van der Waals surface area contributed by atoms with Crippen molar-refractivity contribution in [2.24, 2.45) is 0 Å². The Kier molecular flexibility index (Phi) is 5.20. The molecule has 2 aliphatic heterocycles. The van der Waals surface area contributed by atoms with Crippen molar-refractivity contribution in [3.63, 3.8) is 0 Å². The molecule has 0 saturated heterocycles. The van der Waals surface area contributed by atoms with Crippen molar-refractivity contribution in [3.8, 4) is 11.5 Å². The summed E-state index contributed by atoms with van der Waals surface area (Å²) in [6.07, 6.45) is 0.632. The third-order valence-electron chi connectivity index (χ3n) is 5.11. The molecular weight excluding hydrogens is 372 g/mol. The lowest BCUT2D eigenvalue weighted by molar-refractivity contribution is -0.121. The van der Waals surface area contributed by atoms with Gasteiger partial charge in [0.25, 0.3) is 11.8 Å². The molecule has 2 heterocycles. The fraction of sp³-hybridized carbons (Fsp3) is 0.318. The van der Waals surface area contributed by atoms with Gasteiger partial charge in [-0.05, 0) is 43.2 Å². The molecule has 1 N–H and O–H groups in total. The van der Waals surface area contributed by atoms with E-state index in [9.17, 15) is 14.4 Å². The molecule has 0 spiro atoms. The van der Waals surface area contributed by atoms with Gasteiger partial charge in [-0.15, -0.1) is 0 Å². The molecule has 29 heavy (non-hydrogen) atoms. The Labute approximate surface area is 168 Å². The van der Waals surface area contributed by atoms with Crippen molar-refractivity contribution >= 4 is 17.7 Å². The lowest BCUT2D eigenvalue weighted by Gasteiger charge is -2.21. The Morgan fingerprint density at radius 1 is 1.03 bits per heavy atom. The van der Waals surface area contributed by atoms with E-state index in [0.29, 0.717) is 42.3 Å². The number of hydrogen-bond acceptors (Lipinski definition) is 5. The van der Waals surface area contributed by atoms with Gasteiger partial charge in [-0.25, -0.2) is 0 Å². The summed E-state index contributed by atoms with van der Waals surface area (Å²) < 4.78 is 11.1. The van der Waals surface area contributed by atoms with Crippen molar-refractivity contribution in [2.75, 3.05) is 19.8 Å². The molecule has 0 fully saturated rings. The van der Waals surface area contributed by atoms with Crippen LogP contribution < -0.4 is 14.8 Å². The zero-order chi connectivity index (χ0) is 20.4. The fourth-order valence-corrected chi connectivity index (χ4v) is 3.57. The molecule has 0 aromatic heterocycles. The van der Waals surface area contributed by atoms with E-state index >= 15 is 0 Å². The van der Waals surface area contributed by atoms with Gasteiger partial charge in [0.1, 0.15) is 13.2 Å². The quantitative estimate of drug-likeness (QED) is 0.762. The van der Waals surface area contributed by atoms with Crippen LogP contribution >= 0.6 is 0 Å². The average molecular weight is 394 g/mol. The number of nitrogens with zero attached hydrogens (tertiary/aromatic N) is 1. The highest BCUT2D eigenvalue weighted by Gasteiger charge is 2.34. The Balaban J connectivity index is 1.28. The smallest absolute Gasteiger partial charge is 0.261 e. The molecule has 7 nitrogen and oxygen atoms in total. The van der Waals surface area contributed by atoms with Crippen molar-refractivity contribution < 1.29 is 23.9 Å². The van der Waals surface area contributed by atoms with Gasteiger partial charge in [-0.3, -0.25) is 19.3 Å². The largest absolute Gasteiger partial charge is 0.486 e. The first kappa shape index (κ1) is 19.0. The number of ether oxygens (including phenoxy) is 2. The Morgan fingerprint density at radius 2 is 1.69 bits per heavy atom. The molecule has 3 amide bonds. The van der Waals surface area contributed by atoms with E-state index in [2.05, 4.69) is 5.32 Å². The third-order valence-corrected chi connectivity index (χ3v) is 5.11. The van der Waals surface area contributed by atoms with Crippen LogP contribution in [0.1, 0.15) is 52.1 Å². The highest BCUT2D eigenvalue weighted by Crippen LogP contribution is 2.32. The van der Waals surface area contributed by atoms with Gasteiger partial charge in [-0.1, -0.05) is 18.2 Å². The monoisotopic (exact) mass is 394 g/mol. The summed E-state index contributed by atoms with van der Waals surface area (Å²) in [7, 11) is 0. The van der Waals surface area contributed by atoms with Gasteiger partial charge in [0.15, 0.2) is 11.5 Å². The van der Waals surface area contributed by atoms with Crippen LogP contribution in [0.2, 0.25) is 0 Å². The first-order valence-corrected chi connectivity index (χ1v) is 9.69. The molecule has 0 aliphatic carbocycles. The van der Waals surface area contributed by atoms with E-state index in [4.69, 9.17) is 9.47 Å². The first-order chi connectivity index (χ1) is 14.0. The van der Waals surface area contributed by atoms with E-state index in [-0.39, 0.29) is 36.7 Å². The van der Waals surface area contributed by atoms with E-state index in [1.54, 1.807) is 24.3 Å². The highest BCUT2D eigenvalue weighted by atomic mass is 16.6. The predicted octanol–water partition coefficient (Wildman–Crippen LogP) is 2.71. The molecule has 2 aliphatic rings. The van der Waals surface area contributed by atoms with Gasteiger partial charge in [0, 0.05) is 13.0 Å². The lowest BCUT2D eigenvalue weighted by atomic mass is 10.1. The molecule has 2 aromatic rings. The van der Waals surface area contributed by atoms with Crippen molar-refractivity contribution in [1.29, 1.82) is 0 Å². The number of benzene rings is 2. The predicted molar refractivity (Wildman–Crippen MR) is 105 cm³/mol. The van der Waals surface area contributed by atoms with Gasteiger partial charge in [0.05, 0.1) is 17.2 Å². The van der Waals surface area contributed by atoms with Gasteiger partial charge >= 0.3 is 0 Å². The molecule has 0 radical (unpaired) electrons. The summed E-state index contributed by atoms with van der Waals surface area (Å²) in [6.45, 7) is 3.16. The summed E-state index contributed by atoms with van der Waals surface area (Å²) in [5.74, 6) is 0.662. The summed E-state index contributed by atoms with van der Waals surface area (Å²) in [5.41, 5.74) is 1.77. The number of amides is 3. The number of imide groups is 1. The van der Waals surface area contributed by atoms with E-state index < -0.39 is 0 Å². The van der Waals surface area contributed by atoms with Gasteiger partial charge < -0.3 is 14.8 Å². The lowest BCUT2D eigenvalue weighted by Crippen LogP contribution is -2.32. The Bertz CT molecular complexity index is 936. The molecule has 7 heteroatoms. The summed E-state index contributed by atoms with van der Waals surface area (Å²) in [4.78, 5) is 38.2. The first-order valence-electron chi connectivity index (χ1n) is 9.69. The minimum absolute atomic E-state index is 0.135. The van der Waals surface area contributed by atoms with E-state index in [0.717, 1.165) is 5.56 Å². The second kappa shape index (κ2) is 7.95. The molecule has 0 bridgehead atoms. The Morgan fingerprint density at radius 3 is 2.38 bits per heavy atom. The summed E-state index contributed by atoms with van der Waals surface area (Å²) in [5, 5.41) is 2.94. The fourth-order valence-electron chi connectivity index (χ4n) is 3.57. The second-order valence-electron chi connectivity index (χ2n) is 7.10. The zero-order valence-electron chi connectivity index (χ0n) is 16.1. The maximum absolute atomic E-state index is 12.3. The molecule has 0 saturated carbocycles. The van der Waals surface area contributed by atoms with Crippen LogP contribution in [0.25, 0.3) is 0 Å². The minimum atomic E-state index is -0.296. The SMILES string of the molecule is C[C@H](NC(=O)CCCN1C(=O)c2ccccc2C1=O)c1ccc2c(c1)OCCO2. The molecule has 1 atom stereocenters. The van der Waals surface area contributed by atoms with Gasteiger partial charge in [-0.2, -0.15) is 0 Å². The van der Waals surface area contributed by atoms with E-state index in [1.165, 1.54) is 4.90 Å². The zero-order valence-corrected chi connectivity index (χ0v) is 16.1. The molecule has 2 aromatic carbocycles. The summed E-state index contributed by atoms with van der Waals surface area (Å²) in [6, 6.07) is 12.2. The number of rotatable bonds is 6. The molecule has 4 rings (SSSR count). The number of carbonyl (C=O) groups is 3. The third kappa shape index (κ3) is 3.81.